The van der Waals surface area contributed by atoms with Crippen LogP contribution in [0.3, 0.4) is 0 Å². The molecule has 0 unspecified atom stereocenters. The molecule has 0 amide bonds. The first-order valence-electron chi connectivity index (χ1n) is 5.34. The van der Waals surface area contributed by atoms with E-state index in [2.05, 4.69) is 28.7 Å². The molecule has 0 N–H and O–H groups in total. The predicted octanol–water partition coefficient (Wildman–Crippen LogP) is 2.79. The van der Waals surface area contributed by atoms with Gasteiger partial charge in [-0.2, -0.15) is 0 Å². The van der Waals surface area contributed by atoms with E-state index in [1.165, 1.54) is 0 Å². The van der Waals surface area contributed by atoms with E-state index < -0.39 is 0 Å². The summed E-state index contributed by atoms with van der Waals surface area (Å²) in [6.45, 7) is 1.95. The molecule has 0 aliphatic rings. The van der Waals surface area contributed by atoms with Gasteiger partial charge >= 0.3 is 0 Å². The number of rotatable bonds is 0. The zero-order chi connectivity index (χ0) is 11.9. The van der Waals surface area contributed by atoms with Crippen molar-refractivity contribution < 1.29 is 0 Å². The van der Waals surface area contributed by atoms with Crippen LogP contribution in [0.15, 0.2) is 48.7 Å². The highest BCUT2D eigenvalue weighted by Gasteiger charge is 1.85. The molecule has 0 bridgehead atoms. The van der Waals surface area contributed by atoms with Gasteiger partial charge < -0.3 is 0 Å². The Morgan fingerprint density at radius 1 is 0.824 bits per heavy atom. The van der Waals surface area contributed by atoms with Crippen molar-refractivity contribution in [2.24, 2.45) is 0 Å². The summed E-state index contributed by atoms with van der Waals surface area (Å²) in [6.07, 6.45) is 1.76. The molecule has 0 atom stereocenters. The Kier molecular flexibility index (Phi) is 3.58. The maximum absolute atomic E-state index is 4.17. The smallest absolute Gasteiger partial charge is 0.0439 e. The standard InChI is InChI=1S/C16H11N/c1-14-11-12-16(13-17-14)10-6-5-9-15-7-3-2-4-8-15/h2-4,7-8,11-13H,1H3. The van der Waals surface area contributed by atoms with Crippen molar-refractivity contribution in [1.82, 2.24) is 4.98 Å². The summed E-state index contributed by atoms with van der Waals surface area (Å²) < 4.78 is 0. The van der Waals surface area contributed by atoms with Crippen molar-refractivity contribution in [2.45, 2.75) is 6.92 Å². The van der Waals surface area contributed by atoms with Crippen LogP contribution >= 0.6 is 0 Å². The first-order chi connectivity index (χ1) is 8.34. The van der Waals surface area contributed by atoms with Gasteiger partial charge in [0.2, 0.25) is 0 Å². The SMILES string of the molecule is Cc1ccc(C#CC#Cc2ccccc2)cn1. The topological polar surface area (TPSA) is 12.9 Å². The molecular weight excluding hydrogens is 206 g/mol. The van der Waals surface area contributed by atoms with Crippen LogP contribution < -0.4 is 0 Å². The summed E-state index contributed by atoms with van der Waals surface area (Å²) in [6, 6.07) is 13.7. The lowest BCUT2D eigenvalue weighted by molar-refractivity contribution is 1.19. The minimum Gasteiger partial charge on any atom is -0.260 e. The molecule has 0 aliphatic heterocycles. The van der Waals surface area contributed by atoms with Gasteiger partial charge in [-0.3, -0.25) is 4.98 Å². The molecule has 0 aliphatic carbocycles. The Hall–Kier alpha value is -2.51. The summed E-state index contributed by atoms with van der Waals surface area (Å²) in [5, 5.41) is 0. The van der Waals surface area contributed by atoms with Crippen LogP contribution in [0.4, 0.5) is 0 Å². The van der Waals surface area contributed by atoms with Gasteiger partial charge in [0.1, 0.15) is 0 Å². The molecule has 80 valence electrons. The fraction of sp³-hybridized carbons (Fsp3) is 0.0625. The van der Waals surface area contributed by atoms with E-state index in [0.717, 1.165) is 16.8 Å². The Bertz CT molecular complexity index is 602. The van der Waals surface area contributed by atoms with Crippen molar-refractivity contribution in [3.05, 3.63) is 65.5 Å². The highest BCUT2D eigenvalue weighted by molar-refractivity contribution is 5.43. The van der Waals surface area contributed by atoms with E-state index in [4.69, 9.17) is 0 Å². The number of hydrogen-bond donors (Lipinski definition) is 0. The molecule has 1 nitrogen and oxygen atoms in total. The zero-order valence-electron chi connectivity index (χ0n) is 9.57. The first kappa shape index (κ1) is 11.0. The Morgan fingerprint density at radius 3 is 2.18 bits per heavy atom. The normalized spacial score (nSPS) is 8.53. The number of aryl methyl sites for hydroxylation is 1. The second kappa shape index (κ2) is 5.54. The molecule has 2 aromatic rings. The van der Waals surface area contributed by atoms with Crippen molar-refractivity contribution in [1.29, 1.82) is 0 Å². The number of aromatic nitrogens is 1. The minimum atomic E-state index is 0.887. The van der Waals surface area contributed by atoms with E-state index >= 15 is 0 Å². The molecule has 0 saturated heterocycles. The van der Waals surface area contributed by atoms with E-state index in [0.29, 0.717) is 0 Å². The van der Waals surface area contributed by atoms with Gasteiger partial charge in [0.25, 0.3) is 0 Å². The van der Waals surface area contributed by atoms with Gasteiger partial charge in [-0.25, -0.2) is 0 Å². The van der Waals surface area contributed by atoms with E-state index in [-0.39, 0.29) is 0 Å². The Labute approximate surface area is 102 Å². The van der Waals surface area contributed by atoms with Gasteiger partial charge in [-0.05, 0) is 43.0 Å². The second-order valence-corrected chi connectivity index (χ2v) is 3.55. The molecule has 1 heterocycles. The second-order valence-electron chi connectivity index (χ2n) is 3.55. The lowest BCUT2D eigenvalue weighted by Crippen LogP contribution is -1.80. The molecule has 0 saturated carbocycles. The highest BCUT2D eigenvalue weighted by atomic mass is 14.6. The molecule has 0 fully saturated rings. The average Bonchev–Trinajstić information content (AvgIpc) is 2.38. The Balaban J connectivity index is 2.09. The monoisotopic (exact) mass is 217 g/mol. The van der Waals surface area contributed by atoms with E-state index in [9.17, 15) is 0 Å². The summed E-state index contributed by atoms with van der Waals surface area (Å²) in [5.74, 6) is 11.6. The van der Waals surface area contributed by atoms with Gasteiger partial charge in [0.15, 0.2) is 0 Å². The summed E-state index contributed by atoms with van der Waals surface area (Å²) >= 11 is 0. The zero-order valence-corrected chi connectivity index (χ0v) is 9.57. The summed E-state index contributed by atoms with van der Waals surface area (Å²) in [4.78, 5) is 4.17. The third-order valence-corrected chi connectivity index (χ3v) is 2.16. The third kappa shape index (κ3) is 3.52. The molecule has 0 spiro atoms. The number of hydrogen-bond acceptors (Lipinski definition) is 1. The van der Waals surface area contributed by atoms with Gasteiger partial charge in [-0.1, -0.05) is 30.0 Å². The Morgan fingerprint density at radius 2 is 1.53 bits per heavy atom. The molecule has 17 heavy (non-hydrogen) atoms. The number of benzene rings is 1. The largest absolute Gasteiger partial charge is 0.260 e. The number of nitrogens with zero attached hydrogens (tertiary/aromatic N) is 1. The fourth-order valence-electron chi connectivity index (χ4n) is 1.27. The lowest BCUT2D eigenvalue weighted by Gasteiger charge is -1.89. The predicted molar refractivity (Wildman–Crippen MR) is 69.2 cm³/mol. The molecule has 1 aromatic heterocycles. The fourth-order valence-corrected chi connectivity index (χ4v) is 1.27. The van der Waals surface area contributed by atoms with Crippen molar-refractivity contribution in [2.75, 3.05) is 0 Å². The van der Waals surface area contributed by atoms with Crippen LogP contribution in [0.25, 0.3) is 0 Å². The quantitative estimate of drug-likeness (QED) is 0.618. The van der Waals surface area contributed by atoms with Crippen LogP contribution in [0.1, 0.15) is 16.8 Å². The van der Waals surface area contributed by atoms with Crippen LogP contribution in [0.5, 0.6) is 0 Å². The number of pyridine rings is 1. The van der Waals surface area contributed by atoms with Gasteiger partial charge in [0.05, 0.1) is 0 Å². The van der Waals surface area contributed by atoms with Crippen LogP contribution in [0.2, 0.25) is 0 Å². The molecule has 1 aromatic carbocycles. The third-order valence-electron chi connectivity index (χ3n) is 2.16. The van der Waals surface area contributed by atoms with Crippen LogP contribution in [-0.2, 0) is 0 Å². The maximum Gasteiger partial charge on any atom is 0.0439 e. The van der Waals surface area contributed by atoms with Gasteiger partial charge in [0, 0.05) is 23.0 Å². The van der Waals surface area contributed by atoms with E-state index in [1.807, 2.05) is 49.4 Å². The summed E-state index contributed by atoms with van der Waals surface area (Å²) in [5.41, 5.74) is 2.85. The lowest BCUT2D eigenvalue weighted by atomic mass is 10.2. The van der Waals surface area contributed by atoms with Crippen LogP contribution in [0, 0.1) is 30.6 Å². The molecule has 1 heteroatoms. The van der Waals surface area contributed by atoms with Crippen molar-refractivity contribution >= 4 is 0 Å². The summed E-state index contributed by atoms with van der Waals surface area (Å²) in [7, 11) is 0. The molecule has 0 radical (unpaired) electrons. The highest BCUT2D eigenvalue weighted by Crippen LogP contribution is 1.96. The first-order valence-corrected chi connectivity index (χ1v) is 5.34. The molecular formula is C16H11N. The van der Waals surface area contributed by atoms with Crippen LogP contribution in [-0.4, -0.2) is 4.98 Å². The van der Waals surface area contributed by atoms with E-state index in [1.54, 1.807) is 6.20 Å². The maximum atomic E-state index is 4.17. The minimum absolute atomic E-state index is 0.887. The van der Waals surface area contributed by atoms with Crippen molar-refractivity contribution in [3.8, 4) is 23.7 Å². The van der Waals surface area contributed by atoms with Crippen molar-refractivity contribution in [3.63, 3.8) is 0 Å². The van der Waals surface area contributed by atoms with Gasteiger partial charge in [-0.15, -0.1) is 0 Å². The molecule has 2 rings (SSSR count). The average molecular weight is 217 g/mol.